The molecule has 5 heteroatoms. The highest BCUT2D eigenvalue weighted by Gasteiger charge is 2.23. The monoisotopic (exact) mass is 270 g/mol. The van der Waals surface area contributed by atoms with E-state index in [9.17, 15) is 0 Å². The Morgan fingerprint density at radius 2 is 1.88 bits per heavy atom. The lowest BCUT2D eigenvalue weighted by Crippen LogP contribution is -1.91. The summed E-state index contributed by atoms with van der Waals surface area (Å²) in [5.41, 5.74) is 3.88. The van der Waals surface area contributed by atoms with Crippen molar-refractivity contribution >= 4 is 34.8 Å². The largest absolute Gasteiger partial charge is 0.224 e. The average Bonchev–Trinajstić information content (AvgIpc) is 2.56. The zero-order valence-electron chi connectivity index (χ0n) is 7.97. The Morgan fingerprint density at radius 1 is 1.06 bits per heavy atom. The summed E-state index contributed by atoms with van der Waals surface area (Å²) in [6, 6.07) is 5.69. The van der Waals surface area contributed by atoms with E-state index in [1.807, 2.05) is 18.2 Å². The minimum Gasteiger partial charge on any atom is -0.217 e. The third-order valence-electron chi connectivity index (χ3n) is 2.62. The van der Waals surface area contributed by atoms with Crippen molar-refractivity contribution in [2.45, 2.75) is 6.42 Å². The quantitative estimate of drug-likeness (QED) is 0.456. The lowest BCUT2D eigenvalue weighted by atomic mass is 10.1. The zero-order valence-corrected chi connectivity index (χ0v) is 10.2. The molecule has 0 radical (unpaired) electrons. The molecule has 1 heterocycles. The van der Waals surface area contributed by atoms with Gasteiger partial charge in [0.2, 0.25) is 5.28 Å². The zero-order chi connectivity index (χ0) is 11.3. The minimum atomic E-state index is 0.173. The molecule has 0 amide bonds. The van der Waals surface area contributed by atoms with Crippen LogP contribution in [-0.2, 0) is 6.42 Å². The van der Waals surface area contributed by atoms with E-state index in [-0.39, 0.29) is 5.28 Å². The van der Waals surface area contributed by atoms with Crippen molar-refractivity contribution in [2.24, 2.45) is 0 Å². The molecular weight excluding hydrogens is 266 g/mol. The molecule has 1 aromatic carbocycles. The van der Waals surface area contributed by atoms with E-state index in [0.29, 0.717) is 16.6 Å². The number of fused-ring (bicyclic) bond motifs is 3. The van der Waals surface area contributed by atoms with Gasteiger partial charge in [-0.25, -0.2) is 9.97 Å². The van der Waals surface area contributed by atoms with Crippen LogP contribution in [0.5, 0.6) is 0 Å². The standard InChI is InChI=1S/C11H5Cl3N2/c12-6-1-2-7-5(3-6)4-8-9(7)15-11(14)16-10(8)13/h1-3H,4H2. The van der Waals surface area contributed by atoms with Gasteiger partial charge in [0.1, 0.15) is 5.15 Å². The Balaban J connectivity index is 2.29. The molecule has 1 aliphatic carbocycles. The highest BCUT2D eigenvalue weighted by molar-refractivity contribution is 6.33. The van der Waals surface area contributed by atoms with Gasteiger partial charge in [0.15, 0.2) is 0 Å². The molecule has 0 saturated carbocycles. The number of rotatable bonds is 0. The van der Waals surface area contributed by atoms with E-state index in [2.05, 4.69) is 9.97 Å². The molecule has 3 rings (SSSR count). The molecule has 1 aliphatic rings. The number of hydrogen-bond acceptors (Lipinski definition) is 2. The van der Waals surface area contributed by atoms with Crippen molar-refractivity contribution in [1.82, 2.24) is 9.97 Å². The van der Waals surface area contributed by atoms with Gasteiger partial charge >= 0.3 is 0 Å². The van der Waals surface area contributed by atoms with Crippen LogP contribution < -0.4 is 0 Å². The molecule has 0 spiro atoms. The van der Waals surface area contributed by atoms with Crippen LogP contribution >= 0.6 is 34.8 Å². The average molecular weight is 272 g/mol. The fraction of sp³-hybridized carbons (Fsp3) is 0.0909. The minimum absolute atomic E-state index is 0.173. The topological polar surface area (TPSA) is 25.8 Å². The van der Waals surface area contributed by atoms with Crippen LogP contribution in [0, 0.1) is 0 Å². The molecule has 0 atom stereocenters. The summed E-state index contributed by atoms with van der Waals surface area (Å²) >= 11 is 17.8. The molecular formula is C11H5Cl3N2. The summed E-state index contributed by atoms with van der Waals surface area (Å²) in [6.07, 6.45) is 0.710. The number of nitrogens with zero attached hydrogens (tertiary/aromatic N) is 2. The summed E-state index contributed by atoms with van der Waals surface area (Å²) in [5.74, 6) is 0. The normalized spacial score (nSPS) is 12.4. The van der Waals surface area contributed by atoms with E-state index < -0.39 is 0 Å². The molecule has 0 aliphatic heterocycles. The van der Waals surface area contributed by atoms with Gasteiger partial charge in [0.25, 0.3) is 0 Å². The molecule has 80 valence electrons. The first-order valence-corrected chi connectivity index (χ1v) is 5.79. The number of aromatic nitrogens is 2. The first-order valence-electron chi connectivity index (χ1n) is 4.66. The summed E-state index contributed by atoms with van der Waals surface area (Å²) < 4.78 is 0. The van der Waals surface area contributed by atoms with E-state index in [1.54, 1.807) is 0 Å². The Labute approximate surface area is 107 Å². The number of halogens is 3. The number of hydrogen-bond donors (Lipinski definition) is 0. The summed E-state index contributed by atoms with van der Waals surface area (Å²) in [6.45, 7) is 0. The van der Waals surface area contributed by atoms with E-state index >= 15 is 0 Å². The van der Waals surface area contributed by atoms with Crippen LogP contribution in [0.3, 0.4) is 0 Å². The van der Waals surface area contributed by atoms with E-state index in [4.69, 9.17) is 34.8 Å². The van der Waals surface area contributed by atoms with Crippen LogP contribution in [0.25, 0.3) is 11.3 Å². The van der Waals surface area contributed by atoms with Crippen LogP contribution in [0.15, 0.2) is 18.2 Å². The van der Waals surface area contributed by atoms with Crippen molar-refractivity contribution in [3.8, 4) is 11.3 Å². The maximum Gasteiger partial charge on any atom is 0.224 e. The maximum absolute atomic E-state index is 6.04. The molecule has 0 fully saturated rings. The Kier molecular flexibility index (Phi) is 2.32. The fourth-order valence-corrected chi connectivity index (χ4v) is 2.58. The third kappa shape index (κ3) is 1.49. The molecule has 16 heavy (non-hydrogen) atoms. The van der Waals surface area contributed by atoms with Gasteiger partial charge in [-0.1, -0.05) is 29.3 Å². The lowest BCUT2D eigenvalue weighted by molar-refractivity contribution is 1.12. The third-order valence-corrected chi connectivity index (χ3v) is 3.34. The van der Waals surface area contributed by atoms with Crippen LogP contribution in [0.1, 0.15) is 11.1 Å². The Hall–Kier alpha value is -0.830. The van der Waals surface area contributed by atoms with Crippen LogP contribution in [-0.4, -0.2) is 9.97 Å². The highest BCUT2D eigenvalue weighted by atomic mass is 35.5. The van der Waals surface area contributed by atoms with Crippen molar-refractivity contribution in [3.05, 3.63) is 44.8 Å². The molecule has 0 saturated heterocycles. The van der Waals surface area contributed by atoms with Gasteiger partial charge in [0, 0.05) is 22.6 Å². The van der Waals surface area contributed by atoms with Crippen LogP contribution in [0.4, 0.5) is 0 Å². The van der Waals surface area contributed by atoms with Crippen LogP contribution in [0.2, 0.25) is 15.5 Å². The van der Waals surface area contributed by atoms with E-state index in [0.717, 1.165) is 22.4 Å². The fourth-order valence-electron chi connectivity index (χ4n) is 1.94. The molecule has 2 aromatic rings. The first-order chi connectivity index (χ1) is 7.65. The van der Waals surface area contributed by atoms with Crippen molar-refractivity contribution < 1.29 is 0 Å². The second kappa shape index (κ2) is 3.59. The predicted octanol–water partition coefficient (Wildman–Crippen LogP) is 4.01. The van der Waals surface area contributed by atoms with Gasteiger partial charge in [-0.2, -0.15) is 0 Å². The predicted molar refractivity (Wildman–Crippen MR) is 65.3 cm³/mol. The highest BCUT2D eigenvalue weighted by Crippen LogP contribution is 2.39. The molecule has 0 bridgehead atoms. The lowest BCUT2D eigenvalue weighted by Gasteiger charge is -2.01. The van der Waals surface area contributed by atoms with Crippen molar-refractivity contribution in [2.75, 3.05) is 0 Å². The van der Waals surface area contributed by atoms with Gasteiger partial charge in [0.05, 0.1) is 5.69 Å². The summed E-state index contributed by atoms with van der Waals surface area (Å²) in [7, 11) is 0. The summed E-state index contributed by atoms with van der Waals surface area (Å²) in [4.78, 5) is 8.15. The first kappa shape index (κ1) is 10.3. The summed E-state index contributed by atoms with van der Waals surface area (Å²) in [5, 5.41) is 1.30. The second-order valence-electron chi connectivity index (χ2n) is 3.59. The molecule has 2 nitrogen and oxygen atoms in total. The number of benzene rings is 1. The van der Waals surface area contributed by atoms with Gasteiger partial charge in [-0.05, 0) is 29.3 Å². The van der Waals surface area contributed by atoms with Gasteiger partial charge in [-0.3, -0.25) is 0 Å². The SMILES string of the molecule is Clc1ccc2c(c1)Cc1c(Cl)nc(Cl)nc1-2. The Morgan fingerprint density at radius 3 is 2.69 bits per heavy atom. The van der Waals surface area contributed by atoms with Gasteiger partial charge in [-0.15, -0.1) is 0 Å². The molecule has 0 N–H and O–H groups in total. The molecule has 1 aromatic heterocycles. The van der Waals surface area contributed by atoms with Gasteiger partial charge < -0.3 is 0 Å². The second-order valence-corrected chi connectivity index (χ2v) is 4.72. The smallest absolute Gasteiger partial charge is 0.217 e. The Bertz CT molecular complexity index is 596. The van der Waals surface area contributed by atoms with Crippen molar-refractivity contribution in [1.29, 1.82) is 0 Å². The maximum atomic E-state index is 6.04. The van der Waals surface area contributed by atoms with E-state index in [1.165, 1.54) is 0 Å². The van der Waals surface area contributed by atoms with Crippen molar-refractivity contribution in [3.63, 3.8) is 0 Å². The molecule has 0 unspecified atom stereocenters.